The number of fused-ring (bicyclic) bond motifs is 1. The number of aliphatic hydroxyl groups excluding tert-OH is 1. The number of anilines is 1. The molecule has 11 heteroatoms. The van der Waals surface area contributed by atoms with Crippen molar-refractivity contribution in [2.24, 2.45) is 0 Å². The van der Waals surface area contributed by atoms with Gasteiger partial charge in [0.2, 0.25) is 5.13 Å². The minimum atomic E-state index is -0.958. The highest BCUT2D eigenvalue weighted by molar-refractivity contribution is 8.00. The molecule has 0 radical (unpaired) electrons. The van der Waals surface area contributed by atoms with E-state index in [1.165, 1.54) is 22.7 Å². The van der Waals surface area contributed by atoms with Gasteiger partial charge < -0.3 is 14.6 Å². The Balaban J connectivity index is 1.37. The summed E-state index contributed by atoms with van der Waals surface area (Å²) < 4.78 is 26.3. The Morgan fingerprint density at radius 1 is 1.14 bits per heavy atom. The van der Waals surface area contributed by atoms with Crippen molar-refractivity contribution in [1.29, 1.82) is 0 Å². The third kappa shape index (κ3) is 5.94. The summed E-state index contributed by atoms with van der Waals surface area (Å²) in [5, 5.41) is 20.2. The molecule has 2 aliphatic rings. The maximum Gasteiger partial charge on any atom is 0.301 e. The number of amides is 1. The van der Waals surface area contributed by atoms with Crippen LogP contribution in [0, 0.1) is 5.82 Å². The van der Waals surface area contributed by atoms with Crippen molar-refractivity contribution < 1.29 is 28.6 Å². The highest BCUT2D eigenvalue weighted by Crippen LogP contribution is 2.45. The number of carbonyl (C=O) groups is 2. The molecule has 8 nitrogen and oxygen atoms in total. The number of unbranched alkanes of at least 4 members (excludes halogenated alkanes) is 1. The first-order valence-electron chi connectivity index (χ1n) is 14.4. The van der Waals surface area contributed by atoms with Crippen molar-refractivity contribution in [3.05, 3.63) is 100 Å². The predicted molar refractivity (Wildman–Crippen MR) is 168 cm³/mol. The normalized spacial score (nSPS) is 18.8. The largest absolute Gasteiger partial charge is 0.507 e. The number of Topliss-reactive ketones (excluding diaryl/α,β-unsaturated/α-hetero) is 1. The zero-order chi connectivity index (χ0) is 30.8. The molecule has 3 aromatic carbocycles. The van der Waals surface area contributed by atoms with Gasteiger partial charge in [0, 0.05) is 17.7 Å². The monoisotopic (exact) mass is 631 g/mol. The molecule has 1 saturated heterocycles. The van der Waals surface area contributed by atoms with Gasteiger partial charge in [-0.2, -0.15) is 0 Å². The number of rotatable bonds is 10. The molecule has 0 bridgehead atoms. The number of hydrogen-bond donors (Lipinski definition) is 1. The molecule has 1 aromatic heterocycles. The van der Waals surface area contributed by atoms with E-state index in [4.69, 9.17) is 9.47 Å². The maximum absolute atomic E-state index is 14.2. The van der Waals surface area contributed by atoms with E-state index in [1.54, 1.807) is 60.7 Å². The molecule has 1 fully saturated rings. The second-order valence-electron chi connectivity index (χ2n) is 10.6. The SMILES string of the molecule is CCCCOc1ccc(C2/C(=C(\O)c3ccc4c(c3)CC(C)O4)C(=O)C(=O)N2c2nnc(SCc3ccccc3F)s2)cc1. The number of aliphatic hydroxyl groups is 1. The molecular weight excluding hydrogens is 602 g/mol. The van der Waals surface area contributed by atoms with E-state index >= 15 is 0 Å². The van der Waals surface area contributed by atoms with Gasteiger partial charge in [-0.05, 0) is 66.4 Å². The topological polar surface area (TPSA) is 102 Å². The third-order valence-corrected chi connectivity index (χ3v) is 9.59. The molecule has 0 saturated carbocycles. The standard InChI is InChI=1S/C33H30FN3O5S2/c1-3-4-15-41-24-12-9-20(10-13-24)28-27(29(38)21-11-14-26-23(17-21)16-19(2)42-26)30(39)31(40)37(28)32-35-36-33(44-32)43-18-22-7-5-6-8-25(22)34/h5-14,17,19,28,38H,3-4,15-16,18H2,1-2H3/b29-27+. The quantitative estimate of drug-likeness (QED) is 0.0494. The molecule has 1 amide bonds. The number of ketones is 1. The average Bonchev–Trinajstić information content (AvgIpc) is 3.71. The maximum atomic E-state index is 14.2. The van der Waals surface area contributed by atoms with Crippen LogP contribution >= 0.6 is 23.1 Å². The highest BCUT2D eigenvalue weighted by Gasteiger charge is 2.48. The van der Waals surface area contributed by atoms with Crippen LogP contribution in [-0.2, 0) is 21.8 Å². The Hall–Kier alpha value is -4.22. The molecule has 2 atom stereocenters. The molecule has 0 spiro atoms. The lowest BCUT2D eigenvalue weighted by atomic mass is 9.94. The Kier molecular flexibility index (Phi) is 8.67. The number of hydrogen-bond acceptors (Lipinski definition) is 9. The second kappa shape index (κ2) is 12.8. The summed E-state index contributed by atoms with van der Waals surface area (Å²) in [7, 11) is 0. The van der Waals surface area contributed by atoms with Gasteiger partial charge in [0.1, 0.15) is 29.2 Å². The molecule has 3 heterocycles. The van der Waals surface area contributed by atoms with Gasteiger partial charge >= 0.3 is 5.91 Å². The molecule has 0 aliphatic carbocycles. The number of ether oxygens (including phenoxy) is 2. The Labute approximate surface area is 262 Å². The van der Waals surface area contributed by atoms with Crippen LogP contribution in [-0.4, -0.2) is 39.7 Å². The van der Waals surface area contributed by atoms with Crippen LogP contribution in [0.4, 0.5) is 9.52 Å². The first-order chi connectivity index (χ1) is 21.3. The lowest BCUT2D eigenvalue weighted by Gasteiger charge is -2.22. The van der Waals surface area contributed by atoms with E-state index in [0.29, 0.717) is 45.6 Å². The molecule has 2 aliphatic heterocycles. The fraction of sp³-hybridized carbons (Fsp3) is 0.273. The van der Waals surface area contributed by atoms with E-state index in [-0.39, 0.29) is 28.4 Å². The fourth-order valence-electron chi connectivity index (χ4n) is 5.26. The van der Waals surface area contributed by atoms with Gasteiger partial charge in [0.15, 0.2) is 4.34 Å². The van der Waals surface area contributed by atoms with E-state index in [9.17, 15) is 19.1 Å². The summed E-state index contributed by atoms with van der Waals surface area (Å²) in [6, 6.07) is 17.9. The van der Waals surface area contributed by atoms with Crippen LogP contribution in [0.1, 0.15) is 55.0 Å². The van der Waals surface area contributed by atoms with E-state index in [0.717, 1.165) is 35.5 Å². The lowest BCUT2D eigenvalue weighted by molar-refractivity contribution is -0.132. The van der Waals surface area contributed by atoms with Crippen LogP contribution in [0.2, 0.25) is 0 Å². The van der Waals surface area contributed by atoms with Crippen LogP contribution in [0.3, 0.4) is 0 Å². The number of halogens is 1. The van der Waals surface area contributed by atoms with Crippen LogP contribution in [0.15, 0.2) is 76.6 Å². The highest BCUT2D eigenvalue weighted by atomic mass is 32.2. The van der Waals surface area contributed by atoms with Crippen LogP contribution in [0.25, 0.3) is 5.76 Å². The summed E-state index contributed by atoms with van der Waals surface area (Å²) in [5.74, 6) is -0.515. The Morgan fingerprint density at radius 3 is 2.70 bits per heavy atom. The third-order valence-electron chi connectivity index (χ3n) is 7.49. The molecule has 1 N–H and O–H groups in total. The molecule has 44 heavy (non-hydrogen) atoms. The molecule has 2 unspecified atom stereocenters. The number of benzene rings is 3. The average molecular weight is 632 g/mol. The molecule has 226 valence electrons. The van der Waals surface area contributed by atoms with Crippen molar-refractivity contribution in [1.82, 2.24) is 10.2 Å². The Morgan fingerprint density at radius 2 is 1.93 bits per heavy atom. The van der Waals surface area contributed by atoms with Crippen molar-refractivity contribution in [3.8, 4) is 11.5 Å². The number of carbonyl (C=O) groups excluding carboxylic acids is 2. The van der Waals surface area contributed by atoms with Gasteiger partial charge in [0.05, 0.1) is 18.2 Å². The van der Waals surface area contributed by atoms with Gasteiger partial charge in [0.25, 0.3) is 5.78 Å². The van der Waals surface area contributed by atoms with Crippen molar-refractivity contribution in [2.75, 3.05) is 11.5 Å². The zero-order valence-corrected chi connectivity index (χ0v) is 25.8. The Bertz CT molecular complexity index is 1740. The fourth-order valence-corrected chi connectivity index (χ4v) is 7.12. The second-order valence-corrected chi connectivity index (χ2v) is 12.8. The molecule has 6 rings (SSSR count). The minimum absolute atomic E-state index is 0.00823. The summed E-state index contributed by atoms with van der Waals surface area (Å²) in [4.78, 5) is 28.5. The first kappa shape index (κ1) is 29.8. The van der Waals surface area contributed by atoms with Gasteiger partial charge in [-0.3, -0.25) is 14.5 Å². The van der Waals surface area contributed by atoms with Crippen molar-refractivity contribution >= 4 is 45.7 Å². The molecule has 4 aromatic rings. The first-order valence-corrected chi connectivity index (χ1v) is 16.2. The van der Waals surface area contributed by atoms with Gasteiger partial charge in [-0.25, -0.2) is 4.39 Å². The minimum Gasteiger partial charge on any atom is -0.507 e. The number of thioether (sulfide) groups is 1. The van der Waals surface area contributed by atoms with Crippen LogP contribution in [0.5, 0.6) is 11.5 Å². The van der Waals surface area contributed by atoms with Gasteiger partial charge in [-0.1, -0.05) is 66.8 Å². The summed E-state index contributed by atoms with van der Waals surface area (Å²) >= 11 is 2.41. The molecular formula is C33H30FN3O5S2. The number of nitrogens with zero attached hydrogens (tertiary/aromatic N) is 3. The zero-order valence-electron chi connectivity index (χ0n) is 24.2. The number of aromatic nitrogens is 2. The summed E-state index contributed by atoms with van der Waals surface area (Å²) in [5.41, 5.74) is 2.41. The van der Waals surface area contributed by atoms with Crippen molar-refractivity contribution in [2.45, 2.75) is 55.3 Å². The van der Waals surface area contributed by atoms with E-state index < -0.39 is 17.7 Å². The predicted octanol–water partition coefficient (Wildman–Crippen LogP) is 7.10. The smallest absolute Gasteiger partial charge is 0.301 e. The van der Waals surface area contributed by atoms with E-state index in [1.807, 2.05) is 6.92 Å². The summed E-state index contributed by atoms with van der Waals surface area (Å²) in [6.07, 6.45) is 2.60. The lowest BCUT2D eigenvalue weighted by Crippen LogP contribution is -2.29. The van der Waals surface area contributed by atoms with Crippen LogP contribution < -0.4 is 14.4 Å². The summed E-state index contributed by atoms with van der Waals surface area (Å²) in [6.45, 7) is 4.63. The van der Waals surface area contributed by atoms with E-state index in [2.05, 4.69) is 17.1 Å². The van der Waals surface area contributed by atoms with Crippen molar-refractivity contribution in [3.63, 3.8) is 0 Å². The van der Waals surface area contributed by atoms with Gasteiger partial charge in [-0.15, -0.1) is 10.2 Å².